The van der Waals surface area contributed by atoms with Gasteiger partial charge >= 0.3 is 5.97 Å². The Hall–Kier alpha value is -2.52. The summed E-state index contributed by atoms with van der Waals surface area (Å²) in [5.41, 5.74) is 0. The van der Waals surface area contributed by atoms with Crippen LogP contribution in [0.3, 0.4) is 0 Å². The zero-order valence-electron chi connectivity index (χ0n) is 15.9. The molecule has 3 aromatic carbocycles. The summed E-state index contributed by atoms with van der Waals surface area (Å²) in [6, 6.07) is 29.2. The molecule has 0 spiro atoms. The zero-order valence-corrected chi connectivity index (χ0v) is 16.7. The Balaban J connectivity index is 1.55. The summed E-state index contributed by atoms with van der Waals surface area (Å²) in [6.45, 7) is 0. The summed E-state index contributed by atoms with van der Waals surface area (Å²) in [6.07, 6.45) is 5.43. The summed E-state index contributed by atoms with van der Waals surface area (Å²) in [5, 5.41) is 0. The second-order valence-electron chi connectivity index (χ2n) is 7.16. The average Bonchev–Trinajstić information content (AvgIpc) is 2.77. The Morgan fingerprint density at radius 3 is 1.71 bits per heavy atom. The van der Waals surface area contributed by atoms with Gasteiger partial charge in [-0.3, -0.25) is 4.79 Å². The van der Waals surface area contributed by atoms with Crippen molar-refractivity contribution in [1.29, 1.82) is 0 Å². The lowest BCUT2D eigenvalue weighted by atomic mass is 9.89. The highest BCUT2D eigenvalue weighted by atomic mass is 32.2. The van der Waals surface area contributed by atoms with Gasteiger partial charge in [-0.2, -0.15) is 0 Å². The van der Waals surface area contributed by atoms with Crippen LogP contribution in [0.4, 0.5) is 0 Å². The molecule has 0 bridgehead atoms. The number of carbonyl (C=O) groups is 1. The molecule has 0 aliphatic heterocycles. The maximum Gasteiger partial charge on any atom is 0.314 e. The molecule has 0 amide bonds. The van der Waals surface area contributed by atoms with Crippen LogP contribution in [0.5, 0.6) is 5.75 Å². The fourth-order valence-electron chi connectivity index (χ4n) is 3.70. The van der Waals surface area contributed by atoms with Gasteiger partial charge < -0.3 is 4.74 Å². The largest absolute Gasteiger partial charge is 0.426 e. The van der Waals surface area contributed by atoms with Crippen LogP contribution in [-0.2, 0) is 15.7 Å². The first-order valence-corrected chi connectivity index (χ1v) is 11.2. The topological polar surface area (TPSA) is 26.3 Å². The van der Waals surface area contributed by atoms with Crippen molar-refractivity contribution in [3.8, 4) is 5.75 Å². The molecule has 2 nitrogen and oxygen atoms in total. The van der Waals surface area contributed by atoms with Gasteiger partial charge in [0.2, 0.25) is 0 Å². The molecule has 4 rings (SSSR count). The second-order valence-corrected chi connectivity index (χ2v) is 9.19. The fourth-order valence-corrected chi connectivity index (χ4v) is 5.79. The first kappa shape index (κ1) is 18.8. The monoisotopic (exact) mass is 389 g/mol. The third kappa shape index (κ3) is 4.48. The van der Waals surface area contributed by atoms with Gasteiger partial charge in [0.25, 0.3) is 0 Å². The van der Waals surface area contributed by atoms with E-state index in [1.54, 1.807) is 0 Å². The van der Waals surface area contributed by atoms with E-state index in [2.05, 4.69) is 60.7 Å². The molecule has 1 fully saturated rings. The van der Waals surface area contributed by atoms with E-state index in [0.717, 1.165) is 25.7 Å². The van der Waals surface area contributed by atoms with E-state index in [4.69, 9.17) is 4.74 Å². The minimum Gasteiger partial charge on any atom is -0.426 e. The van der Waals surface area contributed by atoms with E-state index in [1.165, 1.54) is 21.1 Å². The van der Waals surface area contributed by atoms with Gasteiger partial charge in [-0.05, 0) is 61.4 Å². The minimum absolute atomic E-state index is 0.0664. The van der Waals surface area contributed by atoms with Gasteiger partial charge in [0.05, 0.1) is 16.8 Å². The van der Waals surface area contributed by atoms with Crippen LogP contribution in [-0.4, -0.2) is 5.97 Å². The summed E-state index contributed by atoms with van der Waals surface area (Å²) >= 11 is 0. The van der Waals surface area contributed by atoms with Gasteiger partial charge in [-0.25, -0.2) is 0 Å². The van der Waals surface area contributed by atoms with Gasteiger partial charge in [-0.15, -0.1) is 0 Å². The van der Waals surface area contributed by atoms with Crippen molar-refractivity contribution in [3.05, 3.63) is 84.9 Å². The van der Waals surface area contributed by atoms with E-state index in [0.29, 0.717) is 5.75 Å². The Labute approximate surface area is 169 Å². The molecule has 0 unspecified atom stereocenters. The molecule has 0 radical (unpaired) electrons. The van der Waals surface area contributed by atoms with Crippen molar-refractivity contribution in [2.75, 3.05) is 0 Å². The van der Waals surface area contributed by atoms with Crippen molar-refractivity contribution < 1.29 is 9.53 Å². The van der Waals surface area contributed by atoms with Crippen LogP contribution in [0.25, 0.3) is 0 Å². The quantitative estimate of drug-likeness (QED) is 0.292. The van der Waals surface area contributed by atoms with E-state index >= 15 is 0 Å². The molecule has 0 saturated heterocycles. The Morgan fingerprint density at radius 1 is 0.679 bits per heavy atom. The molecule has 1 aliphatic carbocycles. The Morgan fingerprint density at radius 2 is 1.18 bits per heavy atom. The van der Waals surface area contributed by atoms with Crippen LogP contribution >= 0.6 is 0 Å². The predicted molar refractivity (Wildman–Crippen MR) is 114 cm³/mol. The number of benzene rings is 3. The van der Waals surface area contributed by atoms with Crippen molar-refractivity contribution >= 4 is 16.9 Å². The van der Waals surface area contributed by atoms with Crippen LogP contribution in [0.2, 0.25) is 0 Å². The SMILES string of the molecule is O=C(Oc1ccc([S+](c2ccccc2)c2ccccc2)cc1)C1CCCCC1. The molecule has 3 aromatic rings. The Kier molecular flexibility index (Phi) is 6.13. The van der Waals surface area contributed by atoms with Crippen molar-refractivity contribution in [2.45, 2.75) is 46.8 Å². The van der Waals surface area contributed by atoms with Gasteiger partial charge in [0.1, 0.15) is 5.75 Å². The molecule has 0 N–H and O–H groups in total. The lowest BCUT2D eigenvalue weighted by molar-refractivity contribution is -0.139. The van der Waals surface area contributed by atoms with Crippen LogP contribution in [0.15, 0.2) is 99.6 Å². The highest BCUT2D eigenvalue weighted by molar-refractivity contribution is 7.97. The highest BCUT2D eigenvalue weighted by Gasteiger charge is 2.28. The number of rotatable bonds is 5. The third-order valence-corrected chi connectivity index (χ3v) is 7.40. The Bertz CT molecular complexity index is 845. The number of ether oxygens (including phenoxy) is 1. The maximum atomic E-state index is 12.4. The first-order valence-electron chi connectivity index (χ1n) is 9.97. The average molecular weight is 390 g/mol. The molecule has 1 aliphatic rings. The smallest absolute Gasteiger partial charge is 0.314 e. The molecule has 0 atom stereocenters. The fraction of sp³-hybridized carbons (Fsp3) is 0.240. The van der Waals surface area contributed by atoms with E-state index in [1.807, 2.05) is 24.3 Å². The molecule has 0 aromatic heterocycles. The van der Waals surface area contributed by atoms with Crippen molar-refractivity contribution in [1.82, 2.24) is 0 Å². The van der Waals surface area contributed by atoms with E-state index in [-0.39, 0.29) is 22.8 Å². The number of hydrogen-bond donors (Lipinski definition) is 0. The molecule has 1 saturated carbocycles. The molecular formula is C25H25O2S+. The summed E-state index contributed by atoms with van der Waals surface area (Å²) in [7, 11) is -0.180. The van der Waals surface area contributed by atoms with Crippen molar-refractivity contribution in [2.24, 2.45) is 5.92 Å². The molecule has 142 valence electrons. The zero-order chi connectivity index (χ0) is 19.2. The van der Waals surface area contributed by atoms with E-state index in [9.17, 15) is 4.79 Å². The van der Waals surface area contributed by atoms with E-state index < -0.39 is 0 Å². The van der Waals surface area contributed by atoms with Crippen LogP contribution < -0.4 is 4.74 Å². The third-order valence-electron chi connectivity index (χ3n) is 5.17. The highest BCUT2D eigenvalue weighted by Crippen LogP contribution is 2.32. The predicted octanol–water partition coefficient (Wildman–Crippen LogP) is 6.27. The first-order chi connectivity index (χ1) is 13.8. The minimum atomic E-state index is -0.180. The molecule has 3 heteroatoms. The van der Waals surface area contributed by atoms with Gasteiger partial charge in [0.15, 0.2) is 14.7 Å². The normalized spacial score (nSPS) is 14.8. The van der Waals surface area contributed by atoms with Gasteiger partial charge in [0, 0.05) is 0 Å². The number of esters is 1. The number of carbonyl (C=O) groups excluding carboxylic acids is 1. The maximum absolute atomic E-state index is 12.4. The lowest BCUT2D eigenvalue weighted by Gasteiger charge is -2.19. The second kappa shape index (κ2) is 9.11. The van der Waals surface area contributed by atoms with Crippen LogP contribution in [0, 0.1) is 5.92 Å². The number of hydrogen-bond acceptors (Lipinski definition) is 2. The van der Waals surface area contributed by atoms with Crippen LogP contribution in [0.1, 0.15) is 32.1 Å². The molecule has 0 heterocycles. The van der Waals surface area contributed by atoms with Gasteiger partial charge in [-0.1, -0.05) is 55.7 Å². The lowest BCUT2D eigenvalue weighted by Crippen LogP contribution is -2.22. The summed E-state index contributed by atoms with van der Waals surface area (Å²) in [4.78, 5) is 16.2. The summed E-state index contributed by atoms with van der Waals surface area (Å²) in [5.74, 6) is 0.637. The molecule has 28 heavy (non-hydrogen) atoms. The standard InChI is InChI=1S/C25H25O2S/c26-25(20-10-4-1-5-11-20)27-21-16-18-24(19-17-21)28(22-12-6-2-7-13-22)23-14-8-3-9-15-23/h2-3,6-9,12-20H,1,4-5,10-11H2/q+1. The molecular weight excluding hydrogens is 364 g/mol. The van der Waals surface area contributed by atoms with Crippen molar-refractivity contribution in [3.63, 3.8) is 0 Å². The summed E-state index contributed by atoms with van der Waals surface area (Å²) < 4.78 is 5.66.